The minimum Gasteiger partial charge on any atom is -0.444 e. The van der Waals surface area contributed by atoms with Crippen LogP contribution in [-0.4, -0.2) is 52.0 Å². The number of hydrogen-bond donors (Lipinski definition) is 0. The molecule has 3 heterocycles. The minimum absolute atomic E-state index is 0.105. The van der Waals surface area contributed by atoms with Crippen molar-refractivity contribution in [3.05, 3.63) is 86.2 Å². The van der Waals surface area contributed by atoms with Gasteiger partial charge in [-0.15, -0.1) is 10.2 Å². The molecule has 1 amide bonds. The first-order chi connectivity index (χ1) is 20.4. The van der Waals surface area contributed by atoms with Crippen molar-refractivity contribution in [1.82, 2.24) is 15.1 Å². The molecule has 0 spiro atoms. The fraction of sp³-hybridized carbons (Fsp3) is 0.367. The number of anilines is 3. The number of carbonyl (C=O) groups is 1. The van der Waals surface area contributed by atoms with Crippen LogP contribution in [0.5, 0.6) is 0 Å². The van der Waals surface area contributed by atoms with E-state index in [9.17, 15) is 23.2 Å². The van der Waals surface area contributed by atoms with Gasteiger partial charge in [0.2, 0.25) is 5.89 Å². The van der Waals surface area contributed by atoms with Crippen molar-refractivity contribution < 1.29 is 27.1 Å². The molecule has 2 bridgehead atoms. The second-order valence-corrected chi connectivity index (χ2v) is 11.7. The Balaban J connectivity index is 1.29. The quantitative estimate of drug-likeness (QED) is 0.274. The van der Waals surface area contributed by atoms with Crippen molar-refractivity contribution in [3.8, 4) is 11.5 Å². The highest BCUT2D eigenvalue weighted by Gasteiger charge is 2.49. The zero-order chi connectivity index (χ0) is 30.6. The summed E-state index contributed by atoms with van der Waals surface area (Å²) >= 11 is 0. The van der Waals surface area contributed by atoms with Gasteiger partial charge in [0.1, 0.15) is 22.8 Å². The molecule has 0 saturated carbocycles. The molecule has 2 aliphatic heterocycles. The van der Waals surface area contributed by atoms with Crippen molar-refractivity contribution in [3.63, 3.8) is 0 Å². The first kappa shape index (κ1) is 28.4. The van der Waals surface area contributed by atoms with Gasteiger partial charge in [-0.2, -0.15) is 8.78 Å². The number of likely N-dealkylation sites (tertiary alicyclic amines) is 1. The van der Waals surface area contributed by atoms with E-state index in [1.807, 2.05) is 4.90 Å². The third-order valence-electron chi connectivity index (χ3n) is 7.61. The molecule has 13 heteroatoms. The molecule has 43 heavy (non-hydrogen) atoms. The lowest BCUT2D eigenvalue weighted by Crippen LogP contribution is -2.54. The number of para-hydroxylation sites is 1. The summed E-state index contributed by atoms with van der Waals surface area (Å²) in [6.45, 7) is 5.99. The molecule has 2 fully saturated rings. The maximum atomic E-state index is 15.4. The standard InChI is InChI=1S/C30H28F3N5O5/c1-30(2,3)43-29(41)38-15-19-12-20(38)14-37(19)23-22(24(39)25(23)40)36(18-7-5-4-6-8-18)13-17-10-9-16(11-21(17)31)27-34-35-28(42-27)26(32)33/h4-11,19-20,26H,12-15H2,1-3H3/t19-,20-/m0/s1. The van der Waals surface area contributed by atoms with Gasteiger partial charge in [-0.3, -0.25) is 9.59 Å². The number of ether oxygens (including phenoxy) is 1. The van der Waals surface area contributed by atoms with Crippen LogP contribution in [0.25, 0.3) is 11.5 Å². The van der Waals surface area contributed by atoms with Crippen molar-refractivity contribution in [2.75, 3.05) is 22.9 Å². The Morgan fingerprint density at radius 1 is 1.07 bits per heavy atom. The summed E-state index contributed by atoms with van der Waals surface area (Å²) < 4.78 is 51.6. The van der Waals surface area contributed by atoms with E-state index in [2.05, 4.69) is 10.2 Å². The first-order valence-electron chi connectivity index (χ1n) is 13.7. The van der Waals surface area contributed by atoms with Crippen LogP contribution in [0.3, 0.4) is 0 Å². The Labute approximate surface area is 244 Å². The van der Waals surface area contributed by atoms with Gasteiger partial charge in [0.15, 0.2) is 0 Å². The highest BCUT2D eigenvalue weighted by atomic mass is 19.3. The Morgan fingerprint density at radius 2 is 1.81 bits per heavy atom. The van der Waals surface area contributed by atoms with Gasteiger partial charge in [0.25, 0.3) is 16.7 Å². The number of amides is 1. The monoisotopic (exact) mass is 595 g/mol. The van der Waals surface area contributed by atoms with Gasteiger partial charge in [0, 0.05) is 35.9 Å². The number of carbonyl (C=O) groups excluding carboxylic acids is 1. The average molecular weight is 596 g/mol. The van der Waals surface area contributed by atoms with E-state index in [1.165, 1.54) is 12.1 Å². The number of fused-ring (bicyclic) bond motifs is 2. The predicted molar refractivity (Wildman–Crippen MR) is 151 cm³/mol. The lowest BCUT2D eigenvalue weighted by Gasteiger charge is -2.38. The summed E-state index contributed by atoms with van der Waals surface area (Å²) in [5, 5.41) is 6.84. The summed E-state index contributed by atoms with van der Waals surface area (Å²) in [6, 6.07) is 12.4. The largest absolute Gasteiger partial charge is 0.444 e. The van der Waals surface area contributed by atoms with Crippen LogP contribution in [0.4, 0.5) is 35.0 Å². The maximum Gasteiger partial charge on any atom is 0.410 e. The van der Waals surface area contributed by atoms with Crippen LogP contribution in [0, 0.1) is 5.82 Å². The summed E-state index contributed by atoms with van der Waals surface area (Å²) in [6.07, 6.45) is -2.75. The van der Waals surface area contributed by atoms with E-state index in [0.717, 1.165) is 6.07 Å². The van der Waals surface area contributed by atoms with Crippen LogP contribution in [0.1, 0.15) is 45.1 Å². The minimum atomic E-state index is -2.96. The average Bonchev–Trinajstić information content (AvgIpc) is 3.71. The molecule has 3 aromatic carbocycles. The fourth-order valence-corrected chi connectivity index (χ4v) is 5.70. The van der Waals surface area contributed by atoms with Crippen LogP contribution < -0.4 is 20.7 Å². The number of alkyl halides is 2. The molecule has 0 radical (unpaired) electrons. The number of nitrogens with zero attached hydrogens (tertiary/aromatic N) is 5. The number of aromatic nitrogens is 2. The molecule has 2 saturated heterocycles. The Bertz CT molecular complexity index is 1750. The third kappa shape index (κ3) is 5.23. The molecule has 224 valence electrons. The van der Waals surface area contributed by atoms with E-state index >= 15 is 4.39 Å². The molecule has 2 aliphatic rings. The second kappa shape index (κ2) is 10.5. The summed E-state index contributed by atoms with van der Waals surface area (Å²) in [7, 11) is 0. The molecule has 0 aliphatic carbocycles. The van der Waals surface area contributed by atoms with E-state index < -0.39 is 40.7 Å². The van der Waals surface area contributed by atoms with Crippen molar-refractivity contribution in [2.24, 2.45) is 0 Å². The van der Waals surface area contributed by atoms with E-state index in [1.54, 1.807) is 60.9 Å². The topological polar surface area (TPSA) is 109 Å². The van der Waals surface area contributed by atoms with Gasteiger partial charge in [0.05, 0.1) is 12.6 Å². The number of rotatable bonds is 7. The Kier molecular flexibility index (Phi) is 6.98. The van der Waals surface area contributed by atoms with E-state index in [0.29, 0.717) is 25.2 Å². The summed E-state index contributed by atoms with van der Waals surface area (Å²) in [5.41, 5.74) is -0.709. The zero-order valence-electron chi connectivity index (χ0n) is 23.6. The molecule has 2 atom stereocenters. The molecule has 4 aromatic rings. The first-order valence-corrected chi connectivity index (χ1v) is 13.7. The zero-order valence-corrected chi connectivity index (χ0v) is 23.6. The SMILES string of the molecule is CC(C)(C)OC(=O)N1C[C@@H]2C[C@H]1CN2c1c(N(Cc2ccc(-c3nnc(C(F)F)o3)cc2F)c2ccccc2)c(=O)c1=O. The number of halogens is 3. The summed E-state index contributed by atoms with van der Waals surface area (Å²) in [4.78, 5) is 44.0. The van der Waals surface area contributed by atoms with Crippen molar-refractivity contribution in [1.29, 1.82) is 0 Å². The normalized spacial score (nSPS) is 18.2. The van der Waals surface area contributed by atoms with Gasteiger partial charge in [-0.1, -0.05) is 24.3 Å². The number of piperazine rings is 1. The van der Waals surface area contributed by atoms with Gasteiger partial charge >= 0.3 is 12.5 Å². The second-order valence-electron chi connectivity index (χ2n) is 11.7. The molecular formula is C30H28F3N5O5. The molecule has 6 rings (SSSR count). The highest BCUT2D eigenvalue weighted by molar-refractivity contribution is 5.83. The van der Waals surface area contributed by atoms with Crippen LogP contribution in [0.15, 0.2) is 62.5 Å². The van der Waals surface area contributed by atoms with Gasteiger partial charge < -0.3 is 23.9 Å². The Hall–Kier alpha value is -4.68. The number of benzene rings is 2. The molecular weight excluding hydrogens is 567 g/mol. The summed E-state index contributed by atoms with van der Waals surface area (Å²) in [5.74, 6) is -1.81. The molecule has 10 nitrogen and oxygen atoms in total. The molecule has 0 unspecified atom stereocenters. The maximum absolute atomic E-state index is 15.4. The Morgan fingerprint density at radius 3 is 2.42 bits per heavy atom. The van der Waals surface area contributed by atoms with Crippen LogP contribution in [-0.2, 0) is 11.3 Å². The molecule has 1 aromatic heterocycles. The van der Waals surface area contributed by atoms with E-state index in [-0.39, 0.29) is 47.0 Å². The van der Waals surface area contributed by atoms with E-state index in [4.69, 9.17) is 9.15 Å². The van der Waals surface area contributed by atoms with Crippen molar-refractivity contribution in [2.45, 2.75) is 57.8 Å². The predicted octanol–water partition coefficient (Wildman–Crippen LogP) is 4.95. The smallest absolute Gasteiger partial charge is 0.410 e. The van der Waals surface area contributed by atoms with Gasteiger partial charge in [-0.05, 0) is 51.5 Å². The number of hydrogen-bond acceptors (Lipinski definition) is 9. The third-order valence-corrected chi connectivity index (χ3v) is 7.61. The van der Waals surface area contributed by atoms with Crippen LogP contribution >= 0.6 is 0 Å². The fourth-order valence-electron chi connectivity index (χ4n) is 5.70. The lowest BCUT2D eigenvalue weighted by molar-refractivity contribution is 0.0214. The lowest BCUT2D eigenvalue weighted by atomic mass is 10.1. The van der Waals surface area contributed by atoms with Crippen molar-refractivity contribution >= 4 is 23.2 Å². The van der Waals surface area contributed by atoms with Gasteiger partial charge in [-0.25, -0.2) is 9.18 Å². The molecule has 0 N–H and O–H groups in total. The highest BCUT2D eigenvalue weighted by Crippen LogP contribution is 2.40. The van der Waals surface area contributed by atoms with Crippen LogP contribution in [0.2, 0.25) is 0 Å².